The molecule has 3 aromatic rings. The molecule has 0 saturated carbocycles. The maximum absolute atomic E-state index is 12.0. The van der Waals surface area contributed by atoms with E-state index in [1.165, 1.54) is 12.7 Å². The molecule has 0 aliphatic rings. The molecule has 0 spiro atoms. The van der Waals surface area contributed by atoms with Gasteiger partial charge in [-0.2, -0.15) is 0 Å². The Balaban J connectivity index is 1.93. The largest absolute Gasteiger partial charge is 0.465 e. The van der Waals surface area contributed by atoms with Gasteiger partial charge in [0.25, 0.3) is 0 Å². The zero-order valence-electron chi connectivity index (χ0n) is 16.5. The normalized spacial score (nSPS) is 10.4. The van der Waals surface area contributed by atoms with Crippen molar-refractivity contribution >= 4 is 29.0 Å². The summed E-state index contributed by atoms with van der Waals surface area (Å²) in [4.78, 5) is 21.0. The van der Waals surface area contributed by atoms with E-state index in [1.54, 1.807) is 12.1 Å². The maximum atomic E-state index is 12.0. The number of esters is 1. The van der Waals surface area contributed by atoms with Crippen LogP contribution in [0.2, 0.25) is 0 Å². The van der Waals surface area contributed by atoms with Crippen LogP contribution in [0.15, 0.2) is 48.5 Å². The lowest BCUT2D eigenvalue weighted by Crippen LogP contribution is -2.07. The van der Waals surface area contributed by atoms with Crippen LogP contribution in [0, 0.1) is 13.8 Å². The highest BCUT2D eigenvalue weighted by molar-refractivity contribution is 5.96. The Morgan fingerprint density at radius 1 is 1.00 bits per heavy atom. The summed E-state index contributed by atoms with van der Waals surface area (Å²) in [6, 6.07) is 15.2. The lowest BCUT2D eigenvalue weighted by molar-refractivity contribution is 0.0602. The second kappa shape index (κ2) is 8.52. The van der Waals surface area contributed by atoms with Gasteiger partial charge in [0.05, 0.1) is 18.4 Å². The lowest BCUT2D eigenvalue weighted by Gasteiger charge is -2.15. The molecule has 0 radical (unpaired) electrons. The number of carbonyl (C=O) groups is 1. The molecule has 6 nitrogen and oxygen atoms in total. The van der Waals surface area contributed by atoms with Crippen LogP contribution in [-0.4, -0.2) is 23.0 Å². The molecule has 0 atom stereocenters. The van der Waals surface area contributed by atoms with Crippen molar-refractivity contribution in [2.45, 2.75) is 27.2 Å². The zero-order valence-corrected chi connectivity index (χ0v) is 16.5. The molecule has 1 aromatic heterocycles. The molecule has 1 heterocycles. The molecular weight excluding hydrogens is 352 g/mol. The second-order valence-electron chi connectivity index (χ2n) is 6.44. The fraction of sp³-hybridized carbons (Fsp3) is 0.227. The fourth-order valence-corrected chi connectivity index (χ4v) is 3.04. The third-order valence-electron chi connectivity index (χ3n) is 4.43. The summed E-state index contributed by atoms with van der Waals surface area (Å²) in [6.45, 7) is 6.03. The average molecular weight is 376 g/mol. The quantitative estimate of drug-likeness (QED) is 0.594. The van der Waals surface area contributed by atoms with E-state index in [1.807, 2.05) is 25.1 Å². The molecule has 3 rings (SSSR count). The third kappa shape index (κ3) is 4.28. The van der Waals surface area contributed by atoms with Crippen molar-refractivity contribution in [2.24, 2.45) is 0 Å². The van der Waals surface area contributed by atoms with Crippen molar-refractivity contribution in [3.63, 3.8) is 0 Å². The monoisotopic (exact) mass is 376 g/mol. The summed E-state index contributed by atoms with van der Waals surface area (Å²) >= 11 is 0. The van der Waals surface area contributed by atoms with Crippen molar-refractivity contribution in [1.29, 1.82) is 0 Å². The Morgan fingerprint density at radius 2 is 1.71 bits per heavy atom. The maximum Gasteiger partial charge on any atom is 0.339 e. The summed E-state index contributed by atoms with van der Waals surface area (Å²) in [7, 11) is 1.36. The first kappa shape index (κ1) is 19.4. The molecular formula is C22H24N4O2. The first-order valence-electron chi connectivity index (χ1n) is 9.17. The Morgan fingerprint density at radius 3 is 2.43 bits per heavy atom. The number of hydrogen-bond donors (Lipinski definition) is 2. The number of nitrogens with one attached hydrogen (secondary N) is 2. The zero-order chi connectivity index (χ0) is 20.1. The summed E-state index contributed by atoms with van der Waals surface area (Å²) < 4.78 is 4.86. The summed E-state index contributed by atoms with van der Waals surface area (Å²) in [5.41, 5.74) is 4.51. The van der Waals surface area contributed by atoms with Crippen molar-refractivity contribution in [3.8, 4) is 0 Å². The SMILES string of the molecule is CCc1cccc(C)c1Nc1cc(Nc2ccccc2C(=O)OC)nc(C)n1. The smallest absolute Gasteiger partial charge is 0.339 e. The van der Waals surface area contributed by atoms with Gasteiger partial charge in [-0.15, -0.1) is 0 Å². The van der Waals surface area contributed by atoms with Crippen LogP contribution in [0.5, 0.6) is 0 Å². The van der Waals surface area contributed by atoms with Crippen LogP contribution >= 0.6 is 0 Å². The third-order valence-corrected chi connectivity index (χ3v) is 4.43. The van der Waals surface area contributed by atoms with E-state index < -0.39 is 5.97 Å². The van der Waals surface area contributed by atoms with Gasteiger partial charge in [-0.05, 0) is 43.5 Å². The molecule has 2 N–H and O–H groups in total. The number of methoxy groups -OCH3 is 1. The predicted molar refractivity (Wildman–Crippen MR) is 112 cm³/mol. The van der Waals surface area contributed by atoms with Gasteiger partial charge in [0.15, 0.2) is 0 Å². The number of hydrogen-bond acceptors (Lipinski definition) is 6. The highest BCUT2D eigenvalue weighted by Crippen LogP contribution is 2.27. The fourth-order valence-electron chi connectivity index (χ4n) is 3.04. The van der Waals surface area contributed by atoms with E-state index in [-0.39, 0.29) is 0 Å². The van der Waals surface area contributed by atoms with Crippen molar-refractivity contribution in [1.82, 2.24) is 9.97 Å². The van der Waals surface area contributed by atoms with E-state index >= 15 is 0 Å². The van der Waals surface area contributed by atoms with Gasteiger partial charge in [0, 0.05) is 11.8 Å². The molecule has 0 saturated heterocycles. The molecule has 6 heteroatoms. The van der Waals surface area contributed by atoms with E-state index in [9.17, 15) is 4.79 Å². The number of nitrogens with zero attached hydrogens (tertiary/aromatic N) is 2. The molecule has 0 unspecified atom stereocenters. The first-order valence-corrected chi connectivity index (χ1v) is 9.17. The number of ether oxygens (including phenoxy) is 1. The number of carbonyl (C=O) groups excluding carboxylic acids is 1. The minimum Gasteiger partial charge on any atom is -0.465 e. The summed E-state index contributed by atoms with van der Waals surface area (Å²) in [5.74, 6) is 1.50. The molecule has 28 heavy (non-hydrogen) atoms. The topological polar surface area (TPSA) is 76.1 Å². The Kier molecular flexibility index (Phi) is 5.89. The molecule has 0 aliphatic heterocycles. The van der Waals surface area contributed by atoms with Crippen molar-refractivity contribution in [3.05, 3.63) is 71.0 Å². The van der Waals surface area contributed by atoms with E-state index in [4.69, 9.17) is 4.74 Å². The van der Waals surface area contributed by atoms with Crippen molar-refractivity contribution < 1.29 is 9.53 Å². The molecule has 0 aliphatic carbocycles. The van der Waals surface area contributed by atoms with Gasteiger partial charge in [0.2, 0.25) is 0 Å². The molecule has 144 valence electrons. The van der Waals surface area contributed by atoms with E-state index in [2.05, 4.69) is 52.6 Å². The highest BCUT2D eigenvalue weighted by Gasteiger charge is 2.13. The highest BCUT2D eigenvalue weighted by atomic mass is 16.5. The van der Waals surface area contributed by atoms with Gasteiger partial charge in [-0.1, -0.05) is 37.3 Å². The summed E-state index contributed by atoms with van der Waals surface area (Å²) in [6.07, 6.45) is 0.922. The first-order chi connectivity index (χ1) is 13.5. The van der Waals surface area contributed by atoms with Gasteiger partial charge in [0.1, 0.15) is 17.5 Å². The van der Waals surface area contributed by atoms with Crippen LogP contribution in [-0.2, 0) is 11.2 Å². The predicted octanol–water partition coefficient (Wildman–Crippen LogP) is 4.93. The number of aryl methyl sites for hydroxylation is 3. The number of aromatic nitrogens is 2. The lowest BCUT2D eigenvalue weighted by atomic mass is 10.1. The molecule has 0 bridgehead atoms. The Labute approximate surface area is 165 Å². The van der Waals surface area contributed by atoms with Crippen LogP contribution in [0.3, 0.4) is 0 Å². The van der Waals surface area contributed by atoms with Crippen LogP contribution in [0.4, 0.5) is 23.0 Å². The van der Waals surface area contributed by atoms with Crippen LogP contribution in [0.1, 0.15) is 34.2 Å². The summed E-state index contributed by atoms with van der Waals surface area (Å²) in [5, 5.41) is 6.63. The number of benzene rings is 2. The molecule has 0 fully saturated rings. The minimum atomic E-state index is -0.403. The number of para-hydroxylation sites is 2. The number of anilines is 4. The second-order valence-corrected chi connectivity index (χ2v) is 6.44. The van der Waals surface area contributed by atoms with Gasteiger partial charge < -0.3 is 15.4 Å². The van der Waals surface area contributed by atoms with Crippen LogP contribution < -0.4 is 10.6 Å². The van der Waals surface area contributed by atoms with Gasteiger partial charge in [-0.25, -0.2) is 14.8 Å². The van der Waals surface area contributed by atoms with E-state index in [0.717, 1.165) is 17.7 Å². The standard InChI is InChI=1S/C22H24N4O2/c1-5-16-10-8-9-14(2)21(16)26-20-13-19(23-15(3)24-20)25-18-12-7-6-11-17(18)22(27)28-4/h6-13H,5H2,1-4H3,(H2,23,24,25,26). The van der Waals surface area contributed by atoms with Gasteiger partial charge >= 0.3 is 5.97 Å². The minimum absolute atomic E-state index is 0.403. The van der Waals surface area contributed by atoms with Crippen molar-refractivity contribution in [2.75, 3.05) is 17.7 Å². The Hall–Kier alpha value is -3.41. The average Bonchev–Trinajstić information content (AvgIpc) is 2.69. The number of rotatable bonds is 6. The van der Waals surface area contributed by atoms with Gasteiger partial charge in [-0.3, -0.25) is 0 Å². The molecule has 2 aromatic carbocycles. The Bertz CT molecular complexity index is 1000. The van der Waals surface area contributed by atoms with E-state index in [0.29, 0.717) is 28.7 Å². The molecule has 0 amide bonds. The van der Waals surface area contributed by atoms with Crippen LogP contribution in [0.25, 0.3) is 0 Å².